The van der Waals surface area contributed by atoms with Crippen LogP contribution < -0.4 is 5.73 Å². The molecule has 1 saturated heterocycles. The largest absolute Gasteiger partial charge is 0.378 e. The minimum Gasteiger partial charge on any atom is -0.378 e. The van der Waals surface area contributed by atoms with E-state index in [1.54, 1.807) is 0 Å². The molecule has 60 valence electrons. The summed E-state index contributed by atoms with van der Waals surface area (Å²) in [5.41, 5.74) is 5.88. The van der Waals surface area contributed by atoms with Gasteiger partial charge in [-0.15, -0.1) is 0 Å². The third-order valence-corrected chi connectivity index (χ3v) is 2.33. The molecule has 1 aliphatic heterocycles. The van der Waals surface area contributed by atoms with Gasteiger partial charge in [0.25, 0.3) is 0 Å². The molecule has 0 aliphatic carbocycles. The van der Waals surface area contributed by atoms with E-state index in [2.05, 4.69) is 20.8 Å². The summed E-state index contributed by atoms with van der Waals surface area (Å²) in [6.45, 7) is 7.13. The third-order valence-electron chi connectivity index (χ3n) is 2.33. The SMILES string of the molecule is CC1OCCC1C(C)(C)N. The smallest absolute Gasteiger partial charge is 0.0593 e. The summed E-state index contributed by atoms with van der Waals surface area (Å²) in [6.07, 6.45) is 1.46. The first-order valence-electron chi connectivity index (χ1n) is 3.92. The van der Waals surface area contributed by atoms with Crippen LogP contribution in [0.4, 0.5) is 0 Å². The zero-order valence-electron chi connectivity index (χ0n) is 7.05. The van der Waals surface area contributed by atoms with Crippen LogP contribution in [0.1, 0.15) is 27.2 Å². The highest BCUT2D eigenvalue weighted by Crippen LogP contribution is 2.28. The van der Waals surface area contributed by atoms with Crippen LogP contribution in [0.15, 0.2) is 0 Å². The minimum atomic E-state index is -0.0735. The minimum absolute atomic E-state index is 0.0735. The normalized spacial score (nSPS) is 34.8. The van der Waals surface area contributed by atoms with Gasteiger partial charge in [-0.3, -0.25) is 0 Å². The molecule has 0 saturated carbocycles. The lowest BCUT2D eigenvalue weighted by Gasteiger charge is -2.28. The van der Waals surface area contributed by atoms with E-state index in [4.69, 9.17) is 10.5 Å². The fourth-order valence-electron chi connectivity index (χ4n) is 1.71. The van der Waals surface area contributed by atoms with Crippen LogP contribution in [0.3, 0.4) is 0 Å². The molecule has 0 aromatic heterocycles. The first kappa shape index (κ1) is 8.02. The Kier molecular flexibility index (Phi) is 2.02. The number of nitrogens with two attached hydrogens (primary N) is 1. The van der Waals surface area contributed by atoms with E-state index in [0.717, 1.165) is 13.0 Å². The molecule has 0 aromatic carbocycles. The topological polar surface area (TPSA) is 35.2 Å². The van der Waals surface area contributed by atoms with Crippen molar-refractivity contribution in [3.05, 3.63) is 0 Å². The molecule has 2 atom stereocenters. The van der Waals surface area contributed by atoms with E-state index in [1.807, 2.05) is 0 Å². The Balaban J connectivity index is 2.55. The molecule has 0 radical (unpaired) electrons. The van der Waals surface area contributed by atoms with Gasteiger partial charge in [0.15, 0.2) is 0 Å². The molecule has 1 aliphatic rings. The molecule has 1 heterocycles. The van der Waals surface area contributed by atoms with Gasteiger partial charge in [-0.25, -0.2) is 0 Å². The van der Waals surface area contributed by atoms with Crippen molar-refractivity contribution in [2.24, 2.45) is 11.7 Å². The van der Waals surface area contributed by atoms with Gasteiger partial charge in [-0.1, -0.05) is 0 Å². The van der Waals surface area contributed by atoms with Crippen molar-refractivity contribution in [1.82, 2.24) is 0 Å². The summed E-state index contributed by atoms with van der Waals surface area (Å²) >= 11 is 0. The molecular weight excluding hydrogens is 126 g/mol. The molecule has 0 spiro atoms. The lowest BCUT2D eigenvalue weighted by atomic mass is 9.84. The molecular formula is C8H17NO. The number of hydrogen-bond donors (Lipinski definition) is 1. The summed E-state index contributed by atoms with van der Waals surface area (Å²) in [5, 5.41) is 0. The predicted octanol–water partition coefficient (Wildman–Crippen LogP) is 1.15. The van der Waals surface area contributed by atoms with E-state index in [0.29, 0.717) is 12.0 Å². The van der Waals surface area contributed by atoms with Gasteiger partial charge in [-0.05, 0) is 27.2 Å². The molecule has 1 rings (SSSR count). The molecule has 2 heteroatoms. The van der Waals surface area contributed by atoms with Gasteiger partial charge in [0.1, 0.15) is 0 Å². The molecule has 2 unspecified atom stereocenters. The monoisotopic (exact) mass is 143 g/mol. The third kappa shape index (κ3) is 1.50. The van der Waals surface area contributed by atoms with Crippen molar-refractivity contribution in [2.45, 2.75) is 38.8 Å². The highest BCUT2D eigenvalue weighted by atomic mass is 16.5. The van der Waals surface area contributed by atoms with E-state index >= 15 is 0 Å². The van der Waals surface area contributed by atoms with Gasteiger partial charge in [0.2, 0.25) is 0 Å². The summed E-state index contributed by atoms with van der Waals surface area (Å²) in [6, 6.07) is 0. The Bertz CT molecular complexity index is 117. The van der Waals surface area contributed by atoms with Crippen molar-refractivity contribution in [3.8, 4) is 0 Å². The number of ether oxygens (including phenoxy) is 1. The zero-order chi connectivity index (χ0) is 7.78. The summed E-state index contributed by atoms with van der Waals surface area (Å²) in [7, 11) is 0. The standard InChI is InChI=1S/C8H17NO/c1-6-7(4-5-10-6)8(2,3)9/h6-7H,4-5,9H2,1-3H3. The Labute approximate surface area is 62.7 Å². The zero-order valence-corrected chi connectivity index (χ0v) is 7.05. The van der Waals surface area contributed by atoms with Gasteiger partial charge in [-0.2, -0.15) is 0 Å². The van der Waals surface area contributed by atoms with Crippen molar-refractivity contribution >= 4 is 0 Å². The average Bonchev–Trinajstić information content (AvgIpc) is 2.11. The molecule has 0 amide bonds. The predicted molar refractivity (Wildman–Crippen MR) is 41.8 cm³/mol. The highest BCUT2D eigenvalue weighted by Gasteiger charge is 2.34. The molecule has 2 N–H and O–H groups in total. The van der Waals surface area contributed by atoms with Gasteiger partial charge in [0.05, 0.1) is 6.10 Å². The molecule has 0 aromatic rings. The Morgan fingerprint density at radius 3 is 2.30 bits per heavy atom. The lowest BCUT2D eigenvalue weighted by Crippen LogP contribution is -2.43. The van der Waals surface area contributed by atoms with Crippen LogP contribution >= 0.6 is 0 Å². The molecule has 1 fully saturated rings. The van der Waals surface area contributed by atoms with Crippen LogP contribution in [0, 0.1) is 5.92 Å². The van der Waals surface area contributed by atoms with Crippen LogP contribution in [0.2, 0.25) is 0 Å². The second kappa shape index (κ2) is 2.51. The van der Waals surface area contributed by atoms with Crippen molar-refractivity contribution in [3.63, 3.8) is 0 Å². The first-order chi connectivity index (χ1) is 4.52. The van der Waals surface area contributed by atoms with E-state index in [9.17, 15) is 0 Å². The van der Waals surface area contributed by atoms with Crippen LogP contribution in [-0.2, 0) is 4.74 Å². The Morgan fingerprint density at radius 2 is 2.10 bits per heavy atom. The maximum Gasteiger partial charge on any atom is 0.0593 e. The van der Waals surface area contributed by atoms with Gasteiger partial charge < -0.3 is 10.5 Å². The maximum absolute atomic E-state index is 5.95. The molecule has 2 nitrogen and oxygen atoms in total. The van der Waals surface area contributed by atoms with E-state index < -0.39 is 0 Å². The fraction of sp³-hybridized carbons (Fsp3) is 1.00. The quantitative estimate of drug-likeness (QED) is 0.597. The van der Waals surface area contributed by atoms with Crippen molar-refractivity contribution in [1.29, 1.82) is 0 Å². The molecule has 0 bridgehead atoms. The number of rotatable bonds is 1. The second-order valence-corrected chi connectivity index (χ2v) is 3.79. The maximum atomic E-state index is 5.95. The lowest BCUT2D eigenvalue weighted by molar-refractivity contribution is 0.0886. The van der Waals surface area contributed by atoms with E-state index in [-0.39, 0.29) is 5.54 Å². The number of hydrogen-bond acceptors (Lipinski definition) is 2. The highest BCUT2D eigenvalue weighted by molar-refractivity contribution is 4.88. The Hall–Kier alpha value is -0.0800. The Morgan fingerprint density at radius 1 is 1.50 bits per heavy atom. The second-order valence-electron chi connectivity index (χ2n) is 3.79. The summed E-state index contributed by atoms with van der Waals surface area (Å²) in [4.78, 5) is 0. The van der Waals surface area contributed by atoms with Gasteiger partial charge in [0, 0.05) is 18.1 Å². The van der Waals surface area contributed by atoms with E-state index in [1.165, 1.54) is 0 Å². The van der Waals surface area contributed by atoms with Crippen LogP contribution in [0.25, 0.3) is 0 Å². The van der Waals surface area contributed by atoms with Crippen molar-refractivity contribution in [2.75, 3.05) is 6.61 Å². The fourth-order valence-corrected chi connectivity index (χ4v) is 1.71. The van der Waals surface area contributed by atoms with Crippen LogP contribution in [0.5, 0.6) is 0 Å². The summed E-state index contributed by atoms with van der Waals surface area (Å²) < 4.78 is 5.41. The average molecular weight is 143 g/mol. The molecule has 10 heavy (non-hydrogen) atoms. The van der Waals surface area contributed by atoms with Gasteiger partial charge >= 0.3 is 0 Å². The van der Waals surface area contributed by atoms with Crippen molar-refractivity contribution < 1.29 is 4.74 Å². The van der Waals surface area contributed by atoms with Crippen LogP contribution in [-0.4, -0.2) is 18.2 Å². The first-order valence-corrected chi connectivity index (χ1v) is 3.92. The summed E-state index contributed by atoms with van der Waals surface area (Å²) in [5.74, 6) is 0.535.